The molecule has 0 unspecified atom stereocenters. The Morgan fingerprint density at radius 2 is 2.09 bits per heavy atom. The van der Waals surface area contributed by atoms with E-state index in [1.54, 1.807) is 6.92 Å². The summed E-state index contributed by atoms with van der Waals surface area (Å²) in [5, 5.41) is 12.1. The minimum absolute atomic E-state index is 0.161. The normalized spacial score (nSPS) is 14.5. The van der Waals surface area contributed by atoms with Crippen molar-refractivity contribution in [2.45, 2.75) is 26.6 Å². The van der Waals surface area contributed by atoms with E-state index in [1.165, 1.54) is 6.21 Å². The molecular formula is C7H14N2OSi. The Labute approximate surface area is 68.8 Å². The van der Waals surface area contributed by atoms with E-state index in [2.05, 4.69) is 5.16 Å². The average molecular weight is 170 g/mol. The lowest BCUT2D eigenvalue weighted by molar-refractivity contribution is 0.336. The zero-order chi connectivity index (χ0) is 8.91. The SMILES string of the molecule is C[C@@H](C#N)/C=N\O[Si](C)(C)C. The fourth-order valence-corrected chi connectivity index (χ4v) is 0.690. The van der Waals surface area contributed by atoms with Crippen molar-refractivity contribution in [1.82, 2.24) is 0 Å². The molecule has 62 valence electrons. The molecule has 1 atom stereocenters. The van der Waals surface area contributed by atoms with Crippen molar-refractivity contribution in [3.05, 3.63) is 0 Å². The maximum Gasteiger partial charge on any atom is 0.278 e. The number of rotatable bonds is 3. The molecule has 0 rings (SSSR count). The smallest absolute Gasteiger partial charge is 0.278 e. The van der Waals surface area contributed by atoms with Crippen LogP contribution in [0.1, 0.15) is 6.92 Å². The van der Waals surface area contributed by atoms with Gasteiger partial charge in [-0.05, 0) is 26.6 Å². The van der Waals surface area contributed by atoms with Crippen LogP contribution in [-0.2, 0) is 4.53 Å². The summed E-state index contributed by atoms with van der Waals surface area (Å²) in [6, 6.07) is 2.04. The average Bonchev–Trinajstić information content (AvgIpc) is 1.85. The maximum atomic E-state index is 8.38. The van der Waals surface area contributed by atoms with Crippen LogP contribution in [0.3, 0.4) is 0 Å². The highest BCUT2D eigenvalue weighted by Gasteiger charge is 2.15. The number of oxime groups is 1. The highest BCUT2D eigenvalue weighted by atomic mass is 28.4. The second-order valence-corrected chi connectivity index (χ2v) is 7.78. The van der Waals surface area contributed by atoms with Gasteiger partial charge in [0.2, 0.25) is 0 Å². The number of hydrogen-bond donors (Lipinski definition) is 0. The molecule has 0 saturated heterocycles. The Morgan fingerprint density at radius 3 is 2.45 bits per heavy atom. The summed E-state index contributed by atoms with van der Waals surface area (Å²) in [7, 11) is -1.54. The van der Waals surface area contributed by atoms with Gasteiger partial charge in [0.15, 0.2) is 0 Å². The van der Waals surface area contributed by atoms with E-state index in [0.29, 0.717) is 0 Å². The molecule has 0 aromatic heterocycles. The van der Waals surface area contributed by atoms with Gasteiger partial charge in [0.1, 0.15) is 0 Å². The first-order valence-corrected chi connectivity index (χ1v) is 6.98. The number of hydrogen-bond acceptors (Lipinski definition) is 3. The molecule has 0 radical (unpaired) electrons. The van der Waals surface area contributed by atoms with Crippen LogP contribution in [0, 0.1) is 17.2 Å². The van der Waals surface area contributed by atoms with E-state index in [4.69, 9.17) is 9.79 Å². The zero-order valence-electron chi connectivity index (χ0n) is 7.46. The minimum atomic E-state index is -1.54. The first-order chi connectivity index (χ1) is 4.95. The monoisotopic (exact) mass is 170 g/mol. The van der Waals surface area contributed by atoms with Crippen molar-refractivity contribution in [1.29, 1.82) is 5.26 Å². The highest BCUT2D eigenvalue weighted by Crippen LogP contribution is 2.02. The molecule has 3 nitrogen and oxygen atoms in total. The molecule has 0 aromatic carbocycles. The van der Waals surface area contributed by atoms with Crippen LogP contribution >= 0.6 is 0 Å². The second-order valence-electron chi connectivity index (χ2n) is 3.38. The summed E-state index contributed by atoms with van der Waals surface area (Å²) in [4.78, 5) is 0. The lowest BCUT2D eigenvalue weighted by atomic mass is 10.2. The number of nitriles is 1. The van der Waals surface area contributed by atoms with Crippen LogP contribution in [0.2, 0.25) is 19.6 Å². The van der Waals surface area contributed by atoms with Gasteiger partial charge in [0, 0.05) is 0 Å². The fourth-order valence-electron chi connectivity index (χ4n) is 0.313. The van der Waals surface area contributed by atoms with Gasteiger partial charge in [-0.2, -0.15) is 5.26 Å². The first-order valence-electron chi connectivity index (χ1n) is 3.57. The van der Waals surface area contributed by atoms with E-state index in [1.807, 2.05) is 25.7 Å². The Kier molecular flexibility index (Phi) is 3.83. The molecule has 0 aliphatic heterocycles. The zero-order valence-corrected chi connectivity index (χ0v) is 8.46. The molecule has 0 bridgehead atoms. The van der Waals surface area contributed by atoms with E-state index in [9.17, 15) is 0 Å². The maximum absolute atomic E-state index is 8.38. The van der Waals surface area contributed by atoms with Gasteiger partial charge in [-0.3, -0.25) is 0 Å². The lowest BCUT2D eigenvalue weighted by Gasteiger charge is -2.11. The third kappa shape index (κ3) is 7.07. The molecule has 0 heterocycles. The summed E-state index contributed by atoms with van der Waals surface area (Å²) in [5.41, 5.74) is 0. The predicted octanol–water partition coefficient (Wildman–Crippen LogP) is 1.98. The quantitative estimate of drug-likeness (QED) is 0.369. The predicted molar refractivity (Wildman–Crippen MR) is 47.7 cm³/mol. The summed E-state index contributed by atoms with van der Waals surface area (Å²) in [5.74, 6) is -0.161. The van der Waals surface area contributed by atoms with E-state index < -0.39 is 8.32 Å². The first kappa shape index (κ1) is 10.2. The topological polar surface area (TPSA) is 45.4 Å². The number of nitrogens with zero attached hydrogens (tertiary/aromatic N) is 2. The molecule has 0 aromatic rings. The van der Waals surface area contributed by atoms with Crippen molar-refractivity contribution in [3.8, 4) is 6.07 Å². The lowest BCUT2D eigenvalue weighted by Crippen LogP contribution is -2.22. The van der Waals surface area contributed by atoms with Gasteiger partial charge in [-0.1, -0.05) is 0 Å². The van der Waals surface area contributed by atoms with E-state index >= 15 is 0 Å². The Morgan fingerprint density at radius 1 is 1.55 bits per heavy atom. The fraction of sp³-hybridized carbons (Fsp3) is 0.714. The van der Waals surface area contributed by atoms with Crippen molar-refractivity contribution < 1.29 is 4.53 Å². The Balaban J connectivity index is 3.72. The summed E-state index contributed by atoms with van der Waals surface area (Å²) in [6.45, 7) is 7.90. The van der Waals surface area contributed by atoms with Crippen LogP contribution in [0.4, 0.5) is 0 Å². The van der Waals surface area contributed by atoms with Gasteiger partial charge >= 0.3 is 0 Å². The largest absolute Gasteiger partial charge is 0.456 e. The molecule has 0 spiro atoms. The molecule has 11 heavy (non-hydrogen) atoms. The molecular weight excluding hydrogens is 156 g/mol. The summed E-state index contributed by atoms with van der Waals surface area (Å²) < 4.78 is 5.16. The highest BCUT2D eigenvalue weighted by molar-refractivity contribution is 6.69. The van der Waals surface area contributed by atoms with Gasteiger partial charge in [-0.15, -0.1) is 5.16 Å². The van der Waals surface area contributed by atoms with Crippen LogP contribution in [-0.4, -0.2) is 14.5 Å². The second kappa shape index (κ2) is 4.14. The summed E-state index contributed by atoms with van der Waals surface area (Å²) >= 11 is 0. The van der Waals surface area contributed by atoms with Crippen LogP contribution < -0.4 is 0 Å². The van der Waals surface area contributed by atoms with E-state index in [-0.39, 0.29) is 5.92 Å². The standard InChI is InChI=1S/C7H14N2OSi/c1-7(5-8)6-9-10-11(2,3)4/h6-7H,1-4H3/b9-6-/t7-/m0/s1. The molecule has 0 aliphatic rings. The molecule has 4 heteroatoms. The van der Waals surface area contributed by atoms with Crippen molar-refractivity contribution in [2.75, 3.05) is 0 Å². The third-order valence-electron chi connectivity index (χ3n) is 0.815. The van der Waals surface area contributed by atoms with Gasteiger partial charge in [0.05, 0.1) is 18.2 Å². The molecule has 0 amide bonds. The van der Waals surface area contributed by atoms with Gasteiger partial charge in [0.25, 0.3) is 8.32 Å². The minimum Gasteiger partial charge on any atom is -0.456 e. The van der Waals surface area contributed by atoms with Crippen LogP contribution in [0.25, 0.3) is 0 Å². The third-order valence-corrected chi connectivity index (χ3v) is 1.47. The van der Waals surface area contributed by atoms with Gasteiger partial charge in [-0.25, -0.2) is 0 Å². The Hall–Kier alpha value is -0.823. The summed E-state index contributed by atoms with van der Waals surface area (Å²) in [6.07, 6.45) is 1.53. The van der Waals surface area contributed by atoms with Gasteiger partial charge < -0.3 is 4.53 Å². The Bertz CT molecular complexity index is 178. The molecule has 0 N–H and O–H groups in total. The van der Waals surface area contributed by atoms with Crippen molar-refractivity contribution in [3.63, 3.8) is 0 Å². The molecule has 0 aliphatic carbocycles. The van der Waals surface area contributed by atoms with E-state index in [0.717, 1.165) is 0 Å². The van der Waals surface area contributed by atoms with Crippen molar-refractivity contribution in [2.24, 2.45) is 11.1 Å². The van der Waals surface area contributed by atoms with Crippen LogP contribution in [0.5, 0.6) is 0 Å². The van der Waals surface area contributed by atoms with Crippen LogP contribution in [0.15, 0.2) is 5.16 Å². The molecule has 0 saturated carbocycles. The van der Waals surface area contributed by atoms with Crippen molar-refractivity contribution >= 4 is 14.5 Å². The molecule has 0 fully saturated rings.